The van der Waals surface area contributed by atoms with Gasteiger partial charge in [-0.05, 0) is 42.2 Å². The van der Waals surface area contributed by atoms with Crippen LogP contribution in [0.15, 0.2) is 54.9 Å². The number of halogens is 1. The normalized spacial score (nSPS) is 18.8. The van der Waals surface area contributed by atoms with Crippen molar-refractivity contribution in [3.8, 4) is 11.4 Å². The fraction of sp³-hybridized carbons (Fsp3) is 0.211. The van der Waals surface area contributed by atoms with E-state index in [4.69, 9.17) is 0 Å². The molecule has 2 atom stereocenters. The molecular weight excluding hydrogens is 319 g/mol. The molecule has 1 fully saturated rings. The van der Waals surface area contributed by atoms with Crippen LogP contribution in [0.1, 0.15) is 17.9 Å². The highest BCUT2D eigenvalue weighted by Gasteiger charge is 2.44. The van der Waals surface area contributed by atoms with Crippen molar-refractivity contribution < 1.29 is 9.18 Å². The second-order valence-corrected chi connectivity index (χ2v) is 6.30. The van der Waals surface area contributed by atoms with Crippen LogP contribution in [-0.4, -0.2) is 20.7 Å². The van der Waals surface area contributed by atoms with Crippen LogP contribution < -0.4 is 5.32 Å². The van der Waals surface area contributed by atoms with Crippen LogP contribution >= 0.6 is 0 Å². The van der Waals surface area contributed by atoms with Gasteiger partial charge in [-0.15, -0.1) is 10.2 Å². The maximum atomic E-state index is 13.4. The molecule has 1 aromatic heterocycles. The second-order valence-electron chi connectivity index (χ2n) is 6.30. The summed E-state index contributed by atoms with van der Waals surface area (Å²) in [5.74, 6) is 0.320. The number of benzene rings is 2. The van der Waals surface area contributed by atoms with Gasteiger partial charge >= 0.3 is 0 Å². The van der Waals surface area contributed by atoms with Gasteiger partial charge in [-0.3, -0.25) is 4.79 Å². The fourth-order valence-corrected chi connectivity index (χ4v) is 3.13. The number of amides is 1. The van der Waals surface area contributed by atoms with Gasteiger partial charge < -0.3 is 9.88 Å². The van der Waals surface area contributed by atoms with E-state index in [0.717, 1.165) is 17.5 Å². The molecule has 1 N–H and O–H groups in total. The molecule has 0 bridgehead atoms. The van der Waals surface area contributed by atoms with Gasteiger partial charge in [0.1, 0.15) is 12.1 Å². The molecule has 126 valence electrons. The first-order chi connectivity index (χ1) is 12.1. The third-order valence-corrected chi connectivity index (χ3v) is 4.54. The van der Waals surface area contributed by atoms with E-state index in [1.165, 1.54) is 12.1 Å². The molecule has 3 aromatic rings. The number of anilines is 1. The number of hydrogen-bond acceptors (Lipinski definition) is 3. The number of nitrogens with zero attached hydrogens (tertiary/aromatic N) is 3. The SMILES string of the molecule is Cn1cnnc1-c1ccccc1NC(=O)[C@@H]1C[C@@H]1c1cccc(F)c1. The van der Waals surface area contributed by atoms with Gasteiger partial charge in [0, 0.05) is 18.5 Å². The molecule has 5 nitrogen and oxygen atoms in total. The van der Waals surface area contributed by atoms with E-state index in [9.17, 15) is 9.18 Å². The Bertz CT molecular complexity index is 936. The van der Waals surface area contributed by atoms with Gasteiger partial charge in [0.25, 0.3) is 0 Å². The fourth-order valence-electron chi connectivity index (χ4n) is 3.13. The Balaban J connectivity index is 1.52. The standard InChI is InChI=1S/C19H17FN4O/c1-24-11-21-23-18(24)14-7-2-3-8-17(14)22-19(25)16-10-15(16)12-5-4-6-13(20)9-12/h2-9,11,15-16H,10H2,1H3,(H,22,25)/t15-,16-/m1/s1. The number of carbonyl (C=O) groups excluding carboxylic acids is 1. The number of para-hydroxylation sites is 1. The van der Waals surface area contributed by atoms with Crippen LogP contribution in [0, 0.1) is 11.7 Å². The summed E-state index contributed by atoms with van der Waals surface area (Å²) in [5, 5.41) is 11.0. The molecule has 0 aliphatic heterocycles. The van der Waals surface area contributed by atoms with Crippen LogP contribution in [0.4, 0.5) is 10.1 Å². The summed E-state index contributed by atoms with van der Waals surface area (Å²) in [5.41, 5.74) is 2.40. The maximum Gasteiger partial charge on any atom is 0.228 e. The summed E-state index contributed by atoms with van der Waals surface area (Å²) in [7, 11) is 1.86. The van der Waals surface area contributed by atoms with Crippen LogP contribution in [0.25, 0.3) is 11.4 Å². The predicted octanol–water partition coefficient (Wildman–Crippen LogP) is 3.36. The zero-order valence-electron chi connectivity index (χ0n) is 13.7. The van der Waals surface area contributed by atoms with Gasteiger partial charge in [0.05, 0.1) is 5.69 Å². The lowest BCUT2D eigenvalue weighted by Crippen LogP contribution is -2.15. The van der Waals surface area contributed by atoms with Crippen molar-refractivity contribution in [2.45, 2.75) is 12.3 Å². The van der Waals surface area contributed by atoms with E-state index in [2.05, 4.69) is 15.5 Å². The second kappa shape index (κ2) is 6.12. The first-order valence-corrected chi connectivity index (χ1v) is 8.13. The number of aryl methyl sites for hydroxylation is 1. The summed E-state index contributed by atoms with van der Waals surface area (Å²) in [6.45, 7) is 0. The third kappa shape index (κ3) is 3.03. The van der Waals surface area contributed by atoms with E-state index in [1.807, 2.05) is 37.4 Å². The Morgan fingerprint density at radius 1 is 1.24 bits per heavy atom. The van der Waals surface area contributed by atoms with Crippen molar-refractivity contribution >= 4 is 11.6 Å². The number of hydrogen-bond donors (Lipinski definition) is 1. The molecule has 1 saturated carbocycles. The van der Waals surface area contributed by atoms with Gasteiger partial charge in [-0.2, -0.15) is 0 Å². The summed E-state index contributed by atoms with van der Waals surface area (Å²) >= 11 is 0. The molecule has 0 unspecified atom stereocenters. The molecular formula is C19H17FN4O. The Kier molecular flexibility index (Phi) is 3.80. The van der Waals surface area contributed by atoms with Crippen molar-refractivity contribution in [3.05, 3.63) is 66.2 Å². The zero-order chi connectivity index (χ0) is 17.4. The highest BCUT2D eigenvalue weighted by atomic mass is 19.1. The molecule has 0 saturated heterocycles. The Morgan fingerprint density at radius 2 is 2.08 bits per heavy atom. The van der Waals surface area contributed by atoms with Crippen molar-refractivity contribution in [1.29, 1.82) is 0 Å². The molecule has 6 heteroatoms. The number of nitrogens with one attached hydrogen (secondary N) is 1. The van der Waals surface area contributed by atoms with E-state index < -0.39 is 0 Å². The minimum absolute atomic E-state index is 0.0520. The van der Waals surface area contributed by atoms with Crippen molar-refractivity contribution in [2.75, 3.05) is 5.32 Å². The first kappa shape index (κ1) is 15.5. The maximum absolute atomic E-state index is 13.4. The van der Waals surface area contributed by atoms with Crippen molar-refractivity contribution in [1.82, 2.24) is 14.8 Å². The van der Waals surface area contributed by atoms with Gasteiger partial charge in [-0.25, -0.2) is 4.39 Å². The molecule has 0 spiro atoms. The number of rotatable bonds is 4. The molecule has 1 aliphatic carbocycles. The lowest BCUT2D eigenvalue weighted by Gasteiger charge is -2.10. The van der Waals surface area contributed by atoms with Crippen LogP contribution in [0.2, 0.25) is 0 Å². The minimum Gasteiger partial charge on any atom is -0.325 e. The Morgan fingerprint density at radius 3 is 2.84 bits per heavy atom. The molecule has 0 radical (unpaired) electrons. The average molecular weight is 336 g/mol. The van der Waals surface area contributed by atoms with E-state index in [1.54, 1.807) is 17.0 Å². The largest absolute Gasteiger partial charge is 0.325 e. The van der Waals surface area contributed by atoms with Gasteiger partial charge in [-0.1, -0.05) is 24.3 Å². The highest BCUT2D eigenvalue weighted by Crippen LogP contribution is 2.48. The Labute approximate surface area is 144 Å². The lowest BCUT2D eigenvalue weighted by molar-refractivity contribution is -0.117. The molecule has 1 heterocycles. The quantitative estimate of drug-likeness (QED) is 0.795. The summed E-state index contributed by atoms with van der Waals surface area (Å²) in [6.07, 6.45) is 2.36. The van der Waals surface area contributed by atoms with Gasteiger partial charge in [0.2, 0.25) is 5.91 Å². The predicted molar refractivity (Wildman–Crippen MR) is 92.3 cm³/mol. The lowest BCUT2D eigenvalue weighted by atomic mass is 10.1. The number of aromatic nitrogens is 3. The average Bonchev–Trinajstić information content (AvgIpc) is 3.31. The third-order valence-electron chi connectivity index (χ3n) is 4.54. The molecule has 1 amide bonds. The van der Waals surface area contributed by atoms with Crippen LogP contribution in [-0.2, 0) is 11.8 Å². The zero-order valence-corrected chi connectivity index (χ0v) is 13.7. The number of carbonyl (C=O) groups is 1. The van der Waals surface area contributed by atoms with E-state index in [0.29, 0.717) is 11.5 Å². The molecule has 1 aliphatic rings. The van der Waals surface area contributed by atoms with Crippen molar-refractivity contribution in [3.63, 3.8) is 0 Å². The Hall–Kier alpha value is -3.02. The first-order valence-electron chi connectivity index (χ1n) is 8.13. The monoisotopic (exact) mass is 336 g/mol. The van der Waals surface area contributed by atoms with Crippen LogP contribution in [0.5, 0.6) is 0 Å². The summed E-state index contributed by atoms with van der Waals surface area (Å²) in [6, 6.07) is 14.0. The van der Waals surface area contributed by atoms with E-state index >= 15 is 0 Å². The summed E-state index contributed by atoms with van der Waals surface area (Å²) < 4.78 is 15.2. The van der Waals surface area contributed by atoms with Crippen LogP contribution in [0.3, 0.4) is 0 Å². The smallest absolute Gasteiger partial charge is 0.228 e. The van der Waals surface area contributed by atoms with Crippen molar-refractivity contribution in [2.24, 2.45) is 13.0 Å². The molecule has 25 heavy (non-hydrogen) atoms. The summed E-state index contributed by atoms with van der Waals surface area (Å²) in [4.78, 5) is 12.6. The molecule has 4 rings (SSSR count). The van der Waals surface area contributed by atoms with E-state index in [-0.39, 0.29) is 23.6 Å². The topological polar surface area (TPSA) is 59.8 Å². The highest BCUT2D eigenvalue weighted by molar-refractivity contribution is 5.98. The minimum atomic E-state index is -0.267. The molecule has 2 aromatic carbocycles. The van der Waals surface area contributed by atoms with Gasteiger partial charge in [0.15, 0.2) is 5.82 Å².